The third-order valence-corrected chi connectivity index (χ3v) is 13.2. The summed E-state index contributed by atoms with van der Waals surface area (Å²) in [6, 6.07) is -3.40. The van der Waals surface area contributed by atoms with E-state index in [1.165, 1.54) is 6.92 Å². The lowest BCUT2D eigenvalue weighted by Crippen LogP contribution is -2.70. The van der Waals surface area contributed by atoms with Crippen molar-refractivity contribution in [1.82, 2.24) is 10.6 Å². The number of amides is 2. The Kier molecular flexibility index (Phi) is 20.8. The first-order valence-corrected chi connectivity index (χ1v) is 23.0. The molecule has 0 aromatic carbocycles. The number of hydrogen-bond acceptors (Lipinski definition) is 30. The summed E-state index contributed by atoms with van der Waals surface area (Å²) in [4.78, 5) is 24.8. The Labute approximate surface area is 408 Å². The van der Waals surface area contributed by atoms with Crippen LogP contribution in [0.25, 0.3) is 0 Å². The molecule has 30 atom stereocenters. The van der Waals surface area contributed by atoms with Crippen LogP contribution in [0.4, 0.5) is 0 Å². The molecule has 32 nitrogen and oxygen atoms in total. The van der Waals surface area contributed by atoms with E-state index >= 15 is 0 Å². The molecule has 0 radical (unpaired) electrons. The molecule has 6 aliphatic heterocycles. The molecular weight excluding hydrogens is 988 g/mol. The maximum Gasteiger partial charge on any atom is 0.217 e. The Balaban J connectivity index is 1.26. The molecule has 6 rings (SSSR count). The van der Waals surface area contributed by atoms with Crippen LogP contribution in [0.1, 0.15) is 20.8 Å². The number of carbonyl (C=O) groups is 2. The molecule has 19 N–H and O–H groups in total. The van der Waals surface area contributed by atoms with E-state index in [0.717, 1.165) is 13.8 Å². The van der Waals surface area contributed by atoms with Gasteiger partial charge in [0.25, 0.3) is 0 Å². The molecule has 0 saturated carbocycles. The quantitative estimate of drug-likeness (QED) is 0.0643. The third kappa shape index (κ3) is 12.8. The fourth-order valence-corrected chi connectivity index (χ4v) is 9.06. The fourth-order valence-electron chi connectivity index (χ4n) is 9.06. The summed E-state index contributed by atoms with van der Waals surface area (Å²) < 4.78 is 62.8. The van der Waals surface area contributed by atoms with Crippen LogP contribution in [-0.4, -0.2) is 316 Å². The Morgan fingerprint density at radius 1 is 0.389 bits per heavy atom. The first-order valence-electron chi connectivity index (χ1n) is 23.0. The molecule has 418 valence electrons. The van der Waals surface area contributed by atoms with Crippen molar-refractivity contribution < 1.29 is 149 Å². The zero-order valence-electron chi connectivity index (χ0n) is 38.8. The van der Waals surface area contributed by atoms with Crippen LogP contribution in [0.3, 0.4) is 0 Å². The normalized spacial score (nSPS) is 50.3. The molecular formula is C40H68N2O30. The van der Waals surface area contributed by atoms with Crippen LogP contribution in [0.5, 0.6) is 0 Å². The second-order valence-corrected chi connectivity index (χ2v) is 18.3. The van der Waals surface area contributed by atoms with Gasteiger partial charge in [-0.25, -0.2) is 0 Å². The number of aliphatic hydroxyl groups is 17. The van der Waals surface area contributed by atoms with Crippen molar-refractivity contribution in [2.75, 3.05) is 33.0 Å². The highest BCUT2D eigenvalue weighted by Gasteiger charge is 2.57. The van der Waals surface area contributed by atoms with E-state index in [-0.39, 0.29) is 0 Å². The van der Waals surface area contributed by atoms with E-state index in [0.29, 0.717) is 0 Å². The summed E-state index contributed by atoms with van der Waals surface area (Å²) in [5.41, 5.74) is 0. The lowest BCUT2D eigenvalue weighted by molar-refractivity contribution is -0.384. The van der Waals surface area contributed by atoms with E-state index in [1.54, 1.807) is 0 Å². The minimum Gasteiger partial charge on any atom is -0.394 e. The predicted molar refractivity (Wildman–Crippen MR) is 221 cm³/mol. The molecule has 6 heterocycles. The van der Waals surface area contributed by atoms with Gasteiger partial charge in [-0.2, -0.15) is 0 Å². The van der Waals surface area contributed by atoms with Crippen LogP contribution in [0, 0.1) is 0 Å². The van der Waals surface area contributed by atoms with Gasteiger partial charge >= 0.3 is 0 Å². The van der Waals surface area contributed by atoms with E-state index in [9.17, 15) is 96.4 Å². The number of nitrogens with one attached hydrogen (secondary N) is 2. The third-order valence-electron chi connectivity index (χ3n) is 13.2. The Hall–Kier alpha value is -2.18. The van der Waals surface area contributed by atoms with Crippen LogP contribution >= 0.6 is 0 Å². The van der Waals surface area contributed by atoms with Gasteiger partial charge in [0.2, 0.25) is 11.8 Å². The monoisotopic (exact) mass is 1060 g/mol. The predicted octanol–water partition coefficient (Wildman–Crippen LogP) is -12.8. The summed E-state index contributed by atoms with van der Waals surface area (Å²) in [6.45, 7) is -1.00. The summed E-state index contributed by atoms with van der Waals surface area (Å²) in [7, 11) is 0. The van der Waals surface area contributed by atoms with Crippen LogP contribution in [-0.2, 0) is 61.7 Å². The van der Waals surface area contributed by atoms with Gasteiger partial charge in [0.05, 0.1) is 39.1 Å². The van der Waals surface area contributed by atoms with Gasteiger partial charge in [0, 0.05) is 13.8 Å². The van der Waals surface area contributed by atoms with E-state index < -0.39 is 229 Å². The van der Waals surface area contributed by atoms with Crippen molar-refractivity contribution in [2.24, 2.45) is 0 Å². The molecule has 0 aromatic heterocycles. The largest absolute Gasteiger partial charge is 0.394 e. The first-order chi connectivity index (χ1) is 33.9. The van der Waals surface area contributed by atoms with Crippen molar-refractivity contribution in [3.63, 3.8) is 0 Å². The van der Waals surface area contributed by atoms with Gasteiger partial charge in [-0.05, 0) is 6.92 Å². The molecule has 2 amide bonds. The Morgan fingerprint density at radius 3 is 1.35 bits per heavy atom. The zero-order valence-corrected chi connectivity index (χ0v) is 38.8. The number of rotatable bonds is 17. The maximum absolute atomic E-state index is 12.7. The Bertz CT molecular complexity index is 1730. The van der Waals surface area contributed by atoms with Gasteiger partial charge in [0.1, 0.15) is 140 Å². The molecule has 6 fully saturated rings. The van der Waals surface area contributed by atoms with Gasteiger partial charge in [0.15, 0.2) is 37.7 Å². The average Bonchev–Trinajstić information content (AvgIpc) is 3.34. The highest BCUT2D eigenvalue weighted by atomic mass is 16.8. The lowest BCUT2D eigenvalue weighted by atomic mass is 9.94. The zero-order chi connectivity index (χ0) is 53.2. The molecule has 32 heteroatoms. The maximum atomic E-state index is 12.7. The molecule has 0 aliphatic carbocycles. The molecule has 0 spiro atoms. The molecule has 0 unspecified atom stereocenters. The topological polar surface area (TPSA) is 504 Å². The SMILES string of the molecule is CC(=O)N[C@@H]1[C@@H](O)[C@H](O[C@@H]2O[C@H](CO)[C@@H](O[C@H]3O[C@H](CO[C@@H]4O[C@H](CO)[C@@H](O)[C@H](O)[C@@H]4O)[C@@H](O)[C@H](O[C@H]4O[C@H](CO)[C@@H](O)[C@H](O)[C@@H]4O)[C@H]3O)[C@H](O)[C@H]2NC(C)=O)[C@@H](CO[C@@H]2O[C@@H](C)[C@@H](O)[C@@H](O)[C@@H]2O)O[C@H]1O. The summed E-state index contributed by atoms with van der Waals surface area (Å²) in [6.07, 6.45) is -51.4. The molecule has 72 heavy (non-hydrogen) atoms. The summed E-state index contributed by atoms with van der Waals surface area (Å²) in [5, 5.41) is 186. The van der Waals surface area contributed by atoms with Crippen molar-refractivity contribution in [3.8, 4) is 0 Å². The standard InChI is InChI=1S/C40H68N2O30/c1-9-19(48)25(54)28(57)37(64-9)63-8-16-33(23(52)17(35(61)65-16)41-10(2)46)70-36-18(42-11(3)47)24(53)32(14(6-45)68-36)71-40-31(60)34(72-39-30(59)27(56)21(50)13(5-44)67-39)22(51)15(69-40)7-62-38-29(58)26(55)20(49)12(4-43)66-38/h9,12-40,43-45,48-61H,4-8H2,1-3H3,(H,41,46)(H,42,47)/t9-,12+,13+,14+,15+,16+,17+,18+,19+,20+,21+,22+,23+,24+,25+,26-,27-,28-,29-,30-,31+,32+,33+,34-,35+,36-,37+,38+,39+,40+/m0/s1. The molecule has 0 aromatic rings. The van der Waals surface area contributed by atoms with Gasteiger partial charge in [-0.15, -0.1) is 0 Å². The van der Waals surface area contributed by atoms with Crippen LogP contribution in [0.2, 0.25) is 0 Å². The molecule has 6 aliphatic rings. The average molecular weight is 1060 g/mol. The Morgan fingerprint density at radius 2 is 0.792 bits per heavy atom. The number of aliphatic hydroxyl groups excluding tert-OH is 17. The lowest BCUT2D eigenvalue weighted by Gasteiger charge is -2.50. The highest BCUT2D eigenvalue weighted by molar-refractivity contribution is 5.73. The first kappa shape index (κ1) is 59.1. The smallest absolute Gasteiger partial charge is 0.217 e. The van der Waals surface area contributed by atoms with Crippen LogP contribution < -0.4 is 10.6 Å². The second-order valence-electron chi connectivity index (χ2n) is 18.3. The number of hydrogen-bond donors (Lipinski definition) is 19. The van der Waals surface area contributed by atoms with E-state index in [1.807, 2.05) is 0 Å². The van der Waals surface area contributed by atoms with Crippen molar-refractivity contribution in [2.45, 2.75) is 205 Å². The van der Waals surface area contributed by atoms with Gasteiger partial charge in [-0.1, -0.05) is 0 Å². The van der Waals surface area contributed by atoms with Crippen molar-refractivity contribution >= 4 is 11.8 Å². The number of carbonyl (C=O) groups excluding carboxylic acids is 2. The van der Waals surface area contributed by atoms with E-state index in [4.69, 9.17) is 52.1 Å². The van der Waals surface area contributed by atoms with E-state index in [2.05, 4.69) is 10.6 Å². The summed E-state index contributed by atoms with van der Waals surface area (Å²) in [5.74, 6) is -1.60. The number of ether oxygens (including phenoxy) is 11. The molecule has 6 saturated heterocycles. The molecule has 0 bridgehead atoms. The summed E-state index contributed by atoms with van der Waals surface area (Å²) >= 11 is 0. The highest BCUT2D eigenvalue weighted by Crippen LogP contribution is 2.36. The minimum absolute atomic E-state index is 0.728. The van der Waals surface area contributed by atoms with Crippen LogP contribution in [0.15, 0.2) is 0 Å². The van der Waals surface area contributed by atoms with Gasteiger partial charge in [-0.3, -0.25) is 9.59 Å². The second kappa shape index (κ2) is 25.3. The van der Waals surface area contributed by atoms with Gasteiger partial charge < -0.3 is 150 Å². The van der Waals surface area contributed by atoms with Crippen molar-refractivity contribution in [3.05, 3.63) is 0 Å². The minimum atomic E-state index is -2.23. The van der Waals surface area contributed by atoms with Crippen molar-refractivity contribution in [1.29, 1.82) is 0 Å². The fraction of sp³-hybridized carbons (Fsp3) is 0.950.